The zero-order chi connectivity index (χ0) is 35.0. The Morgan fingerprint density at radius 3 is 2.04 bits per heavy atom. The fourth-order valence-electron chi connectivity index (χ4n) is 6.09. The maximum atomic E-state index is 9.28. The second kappa shape index (κ2) is 10.3. The lowest BCUT2D eigenvalue weighted by Gasteiger charge is -2.13. The van der Waals surface area contributed by atoms with Gasteiger partial charge in [-0.1, -0.05) is 127 Å². The van der Waals surface area contributed by atoms with E-state index >= 15 is 0 Å². The fourth-order valence-corrected chi connectivity index (χ4v) is 6.09. The van der Waals surface area contributed by atoms with Crippen LogP contribution in [0.3, 0.4) is 0 Å². The molecule has 0 radical (unpaired) electrons. The summed E-state index contributed by atoms with van der Waals surface area (Å²) in [4.78, 5) is 9.45. The van der Waals surface area contributed by atoms with Crippen molar-refractivity contribution in [1.29, 1.82) is 0 Å². The number of nitrogens with zero attached hydrogens (tertiary/aromatic N) is 2. The molecule has 0 spiro atoms. The average Bonchev–Trinajstić information content (AvgIpc) is 3.67. The van der Waals surface area contributed by atoms with E-state index in [0.29, 0.717) is 28.1 Å². The van der Waals surface area contributed by atoms with Gasteiger partial charge >= 0.3 is 0 Å². The van der Waals surface area contributed by atoms with Gasteiger partial charge in [0.15, 0.2) is 0 Å². The zero-order valence-corrected chi connectivity index (χ0v) is 23.8. The van der Waals surface area contributed by atoms with E-state index in [9.17, 15) is 2.74 Å². The van der Waals surface area contributed by atoms with Crippen LogP contribution in [-0.2, 0) is 0 Å². The number of benzene rings is 6. The highest BCUT2D eigenvalue weighted by Gasteiger charge is 2.14. The first-order chi connectivity index (χ1) is 24.8. The largest absolute Gasteiger partial charge is 0.456 e. The van der Waals surface area contributed by atoms with Crippen molar-refractivity contribution >= 4 is 43.4 Å². The highest BCUT2D eigenvalue weighted by Crippen LogP contribution is 2.38. The number of hydrogen-bond donors (Lipinski definition) is 0. The molecule has 210 valence electrons. The Morgan fingerprint density at radius 1 is 0.467 bits per heavy atom. The monoisotopic (exact) mass is 580 g/mol. The number of pyridine rings is 2. The van der Waals surface area contributed by atoms with Crippen LogP contribution in [0.25, 0.3) is 88.4 Å². The van der Waals surface area contributed by atoms with Gasteiger partial charge in [0.2, 0.25) is 0 Å². The van der Waals surface area contributed by atoms with E-state index in [-0.39, 0.29) is 46.1 Å². The van der Waals surface area contributed by atoms with Crippen molar-refractivity contribution in [3.63, 3.8) is 0 Å². The molecule has 3 heterocycles. The second-order valence-corrected chi connectivity index (χ2v) is 10.9. The number of fused-ring (bicyclic) bond motifs is 5. The highest BCUT2D eigenvalue weighted by atomic mass is 16.3. The molecule has 0 bridgehead atoms. The van der Waals surface area contributed by atoms with Crippen LogP contribution in [-0.4, -0.2) is 9.97 Å². The molecule has 9 aromatic rings. The number of hydrogen-bond acceptors (Lipinski definition) is 3. The van der Waals surface area contributed by atoms with E-state index in [4.69, 9.17) is 14.9 Å². The first kappa shape index (κ1) is 20.0. The van der Waals surface area contributed by atoms with Crippen LogP contribution in [0.15, 0.2) is 162 Å². The molecule has 6 aromatic carbocycles. The predicted molar refractivity (Wildman–Crippen MR) is 186 cm³/mol. The maximum Gasteiger partial charge on any atom is 0.135 e. The first-order valence-electron chi connectivity index (χ1n) is 17.7. The van der Waals surface area contributed by atoms with Crippen LogP contribution in [0.5, 0.6) is 0 Å². The van der Waals surface area contributed by atoms with Gasteiger partial charge < -0.3 is 4.42 Å². The summed E-state index contributed by atoms with van der Waals surface area (Å²) >= 11 is 0. The molecule has 0 fully saturated rings. The van der Waals surface area contributed by atoms with E-state index in [1.165, 1.54) is 0 Å². The fraction of sp³-hybridized carbons (Fsp3) is 0. The summed E-state index contributed by atoms with van der Waals surface area (Å²) in [6, 6.07) is 35.0. The van der Waals surface area contributed by atoms with Crippen molar-refractivity contribution < 1.29 is 12.6 Å². The molecule has 0 aliphatic carbocycles. The Labute approximate surface area is 268 Å². The Morgan fingerprint density at radius 2 is 1.16 bits per heavy atom. The normalized spacial score (nSPS) is 13.4. The molecule has 0 aliphatic heterocycles. The predicted octanol–water partition coefficient (Wildman–Crippen LogP) is 11.4. The summed E-state index contributed by atoms with van der Waals surface area (Å²) in [5.74, 6) is 1.39. The molecule has 0 unspecified atom stereocenters. The van der Waals surface area contributed by atoms with E-state index in [0.717, 1.165) is 38.4 Å². The van der Waals surface area contributed by atoms with Crippen molar-refractivity contribution in [3.8, 4) is 45.0 Å². The summed E-state index contributed by atoms with van der Waals surface area (Å²) < 4.78 is 60.0. The van der Waals surface area contributed by atoms with Crippen molar-refractivity contribution in [2.75, 3.05) is 0 Å². The van der Waals surface area contributed by atoms with Crippen LogP contribution in [0.2, 0.25) is 0 Å². The minimum atomic E-state index is -0.417. The third-order valence-electron chi connectivity index (χ3n) is 8.31. The van der Waals surface area contributed by atoms with Gasteiger partial charge in [-0.2, -0.15) is 0 Å². The van der Waals surface area contributed by atoms with Gasteiger partial charge in [-0.15, -0.1) is 0 Å². The van der Waals surface area contributed by atoms with Crippen molar-refractivity contribution in [2.45, 2.75) is 0 Å². The lowest BCUT2D eigenvalue weighted by atomic mass is 9.93. The van der Waals surface area contributed by atoms with E-state index < -0.39 is 12.1 Å². The van der Waals surface area contributed by atoms with Crippen LogP contribution >= 0.6 is 0 Å². The standard InChI is InChI=1S/C42H26N2O/c1-2-10-32-27(7-1)8-5-13-37(32)40-25-24-39(45-40)29-16-14-28(15-17-29)33-21-22-36(35-12-4-3-11-34(33)35)38-23-20-31-19-18-30-9-6-26-43-41(30)42(31)44-38/h1-26H/i3D,4D,11D,12D,21D,22D. The van der Waals surface area contributed by atoms with Crippen molar-refractivity contribution in [2.24, 2.45) is 0 Å². The van der Waals surface area contributed by atoms with Crippen molar-refractivity contribution in [3.05, 3.63) is 158 Å². The molecular weight excluding hydrogens is 548 g/mol. The molecule has 0 saturated carbocycles. The van der Waals surface area contributed by atoms with Gasteiger partial charge in [-0.05, 0) is 56.9 Å². The van der Waals surface area contributed by atoms with Gasteiger partial charge in [0.05, 0.1) is 25.0 Å². The highest BCUT2D eigenvalue weighted by molar-refractivity contribution is 6.07. The topological polar surface area (TPSA) is 38.9 Å². The lowest BCUT2D eigenvalue weighted by Crippen LogP contribution is -1.91. The van der Waals surface area contributed by atoms with Crippen LogP contribution < -0.4 is 0 Å². The molecule has 0 saturated heterocycles. The molecule has 3 heteroatoms. The third-order valence-corrected chi connectivity index (χ3v) is 8.31. The summed E-state index contributed by atoms with van der Waals surface area (Å²) in [6.07, 6.45) is 1.69. The lowest BCUT2D eigenvalue weighted by molar-refractivity contribution is 0.598. The Bertz CT molecular complexity index is 2880. The average molecular weight is 581 g/mol. The SMILES string of the molecule is [2H]c1c([2H])c([2H])c2c(-c3ccc4ccc5cccnc5c4n3)c([2H])c([2H])c(-c3ccc(-c4ccc(-c5cccc6ccccc56)o4)cc3)c2c1[2H]. The summed E-state index contributed by atoms with van der Waals surface area (Å²) in [5.41, 5.74) is 4.37. The molecule has 45 heavy (non-hydrogen) atoms. The molecule has 0 atom stereocenters. The minimum absolute atomic E-state index is 0.145. The first-order valence-corrected chi connectivity index (χ1v) is 14.7. The van der Waals surface area contributed by atoms with Gasteiger partial charge in [0, 0.05) is 33.7 Å². The molecular formula is C42H26N2O. The number of aromatic nitrogens is 2. The summed E-state index contributed by atoms with van der Waals surface area (Å²) in [7, 11) is 0. The molecule has 3 aromatic heterocycles. The molecule has 0 N–H and O–H groups in total. The van der Waals surface area contributed by atoms with E-state index in [1.54, 1.807) is 24.4 Å². The molecule has 9 rings (SSSR count). The van der Waals surface area contributed by atoms with E-state index in [1.807, 2.05) is 78.9 Å². The van der Waals surface area contributed by atoms with Crippen molar-refractivity contribution in [1.82, 2.24) is 9.97 Å². The number of furan rings is 1. The van der Waals surface area contributed by atoms with E-state index in [2.05, 4.69) is 23.2 Å². The van der Waals surface area contributed by atoms with Gasteiger partial charge in [-0.3, -0.25) is 4.98 Å². The quantitative estimate of drug-likeness (QED) is 0.194. The zero-order valence-electron chi connectivity index (χ0n) is 29.8. The Balaban J connectivity index is 1.21. The maximum absolute atomic E-state index is 9.28. The molecule has 0 amide bonds. The molecule has 0 aliphatic rings. The van der Waals surface area contributed by atoms with Gasteiger partial charge in [-0.25, -0.2) is 4.98 Å². The Kier molecular flexibility index (Phi) is 4.57. The van der Waals surface area contributed by atoms with Crippen LogP contribution in [0, 0.1) is 0 Å². The summed E-state index contributed by atoms with van der Waals surface area (Å²) in [5, 5.41) is 4.26. The van der Waals surface area contributed by atoms with Crippen LogP contribution in [0.4, 0.5) is 0 Å². The molecule has 3 nitrogen and oxygen atoms in total. The van der Waals surface area contributed by atoms with Gasteiger partial charge in [0.1, 0.15) is 11.5 Å². The minimum Gasteiger partial charge on any atom is -0.456 e. The second-order valence-electron chi connectivity index (χ2n) is 10.9. The van der Waals surface area contributed by atoms with Gasteiger partial charge in [0.25, 0.3) is 0 Å². The van der Waals surface area contributed by atoms with Crippen LogP contribution in [0.1, 0.15) is 8.22 Å². The summed E-state index contributed by atoms with van der Waals surface area (Å²) in [6.45, 7) is 0. The number of rotatable bonds is 4. The Hall–Kier alpha value is -6.06. The smallest absolute Gasteiger partial charge is 0.135 e. The third kappa shape index (κ3) is 4.29.